The number of alkyl halides is 6. The Bertz CT molecular complexity index is 1050. The number of amides is 1. The minimum atomic E-state index is -4.96. The largest absolute Gasteiger partial charge is 0.416 e. The molecule has 1 N–H and O–H groups in total. The first kappa shape index (κ1) is 26.5. The third-order valence-corrected chi connectivity index (χ3v) is 5.76. The average Bonchev–Trinajstić information content (AvgIpc) is 3.23. The van der Waals surface area contributed by atoms with Crippen LogP contribution in [-0.2, 0) is 27.4 Å². The molecule has 1 aliphatic heterocycles. The van der Waals surface area contributed by atoms with Crippen molar-refractivity contribution in [1.82, 2.24) is 5.32 Å². The van der Waals surface area contributed by atoms with E-state index in [-0.39, 0.29) is 30.2 Å². The maximum Gasteiger partial charge on any atom is 0.416 e. The zero-order chi connectivity index (χ0) is 25.9. The number of hydrogen-bond acceptors (Lipinski definition) is 3. The minimum absolute atomic E-state index is 0.0778. The molecule has 10 heteroatoms. The summed E-state index contributed by atoms with van der Waals surface area (Å²) in [6.07, 6.45) is -7.08. The van der Waals surface area contributed by atoms with Crippen LogP contribution in [0, 0.1) is 0 Å². The van der Waals surface area contributed by atoms with E-state index in [1.54, 1.807) is 36.5 Å². The fraction of sp³-hybridized carbons (Fsp3) is 0.360. The molecule has 1 unspecified atom stereocenters. The summed E-state index contributed by atoms with van der Waals surface area (Å²) in [4.78, 5) is 16.1. The summed E-state index contributed by atoms with van der Waals surface area (Å²) in [5, 5.41) is 2.76. The first-order valence-corrected chi connectivity index (χ1v) is 10.8. The zero-order valence-electron chi connectivity index (χ0n) is 18.8. The molecule has 0 radical (unpaired) electrons. The second-order valence-corrected chi connectivity index (χ2v) is 8.28. The van der Waals surface area contributed by atoms with E-state index < -0.39 is 35.1 Å². The van der Waals surface area contributed by atoms with Gasteiger partial charge in [0.2, 0.25) is 5.91 Å². The Labute approximate surface area is 198 Å². The molecular weight excluding hydrogens is 474 g/mol. The van der Waals surface area contributed by atoms with Crippen LogP contribution in [0.25, 0.3) is 0 Å². The van der Waals surface area contributed by atoms with Gasteiger partial charge in [-0.3, -0.25) is 9.79 Å². The van der Waals surface area contributed by atoms with Crippen LogP contribution in [0.5, 0.6) is 0 Å². The number of halogens is 6. The Kier molecular flexibility index (Phi) is 7.74. The molecule has 1 heterocycles. The number of rotatable bonds is 8. The van der Waals surface area contributed by atoms with Gasteiger partial charge in [-0.2, -0.15) is 26.3 Å². The van der Waals surface area contributed by atoms with Crippen molar-refractivity contribution in [2.45, 2.75) is 49.8 Å². The summed E-state index contributed by atoms with van der Waals surface area (Å²) in [5.74, 6) is -0.111. The quantitative estimate of drug-likeness (QED) is 0.266. The van der Waals surface area contributed by atoms with Gasteiger partial charge in [0.25, 0.3) is 0 Å². The van der Waals surface area contributed by atoms with E-state index in [0.717, 1.165) is 0 Å². The molecule has 1 saturated heterocycles. The van der Waals surface area contributed by atoms with Gasteiger partial charge in [0, 0.05) is 12.6 Å². The number of ether oxygens (including phenoxy) is 1. The second kappa shape index (κ2) is 10.2. The second-order valence-electron chi connectivity index (χ2n) is 8.28. The molecular formula is C25H24F6N2O2. The van der Waals surface area contributed by atoms with Gasteiger partial charge in [0.1, 0.15) is 5.54 Å². The zero-order valence-corrected chi connectivity index (χ0v) is 18.8. The van der Waals surface area contributed by atoms with Gasteiger partial charge < -0.3 is 10.1 Å². The van der Waals surface area contributed by atoms with Crippen molar-refractivity contribution in [3.8, 4) is 0 Å². The Morgan fingerprint density at radius 3 is 2.14 bits per heavy atom. The van der Waals surface area contributed by atoms with Crippen LogP contribution in [0.1, 0.15) is 48.1 Å². The molecule has 1 fully saturated rings. The van der Waals surface area contributed by atoms with Crippen molar-refractivity contribution < 1.29 is 35.9 Å². The molecule has 3 rings (SSSR count). The lowest BCUT2D eigenvalue weighted by Gasteiger charge is -2.29. The van der Waals surface area contributed by atoms with E-state index in [4.69, 9.17) is 4.74 Å². The summed E-state index contributed by atoms with van der Waals surface area (Å²) >= 11 is 0. The van der Waals surface area contributed by atoms with Gasteiger partial charge in [-0.1, -0.05) is 36.4 Å². The van der Waals surface area contributed by atoms with E-state index in [1.807, 2.05) is 0 Å². The first-order chi connectivity index (χ1) is 16.3. The van der Waals surface area contributed by atoms with E-state index in [2.05, 4.69) is 16.9 Å². The fourth-order valence-corrected chi connectivity index (χ4v) is 3.69. The molecule has 0 aliphatic carbocycles. The molecule has 3 atom stereocenters. The smallest absolute Gasteiger partial charge is 0.371 e. The van der Waals surface area contributed by atoms with Crippen molar-refractivity contribution in [2.75, 3.05) is 6.61 Å². The van der Waals surface area contributed by atoms with Gasteiger partial charge in [-0.15, -0.1) is 6.58 Å². The maximum absolute atomic E-state index is 13.3. The summed E-state index contributed by atoms with van der Waals surface area (Å²) in [6, 6.07) is 9.88. The van der Waals surface area contributed by atoms with Crippen molar-refractivity contribution >= 4 is 12.1 Å². The standard InChI is InChI=1S/C25H24F6N2O2/c1-3-23(18-7-5-4-6-8-18,32-14-21-9-10-22(34)33-21)15-35-16(2)17-11-19(24(26,27)28)13-20(12-17)25(29,30)31/h3-8,11-14,16,21H,1,9-10,15H2,2H3,(H,33,34)/b32-14-/t16-,21+,23?/m1/s1. The molecule has 0 aromatic heterocycles. The lowest BCUT2D eigenvalue weighted by atomic mass is 9.91. The van der Waals surface area contributed by atoms with Crippen molar-refractivity contribution in [3.05, 3.63) is 83.4 Å². The van der Waals surface area contributed by atoms with E-state index in [0.29, 0.717) is 30.5 Å². The van der Waals surface area contributed by atoms with Crippen LogP contribution >= 0.6 is 0 Å². The molecule has 0 spiro atoms. The lowest BCUT2D eigenvalue weighted by molar-refractivity contribution is -0.143. The predicted molar refractivity (Wildman–Crippen MR) is 119 cm³/mol. The SMILES string of the molecule is C=CC(CO[C@H](C)c1cc(C(F)(F)F)cc(C(F)(F)F)c1)(/N=C\[C@@H]1CCC(=O)N1)c1ccccc1. The summed E-state index contributed by atoms with van der Waals surface area (Å²) in [7, 11) is 0. The molecule has 0 bridgehead atoms. The van der Waals surface area contributed by atoms with Crippen LogP contribution in [0.15, 0.2) is 66.2 Å². The Balaban J connectivity index is 1.91. The highest BCUT2D eigenvalue weighted by molar-refractivity contribution is 5.84. The van der Waals surface area contributed by atoms with Crippen LogP contribution in [-0.4, -0.2) is 24.8 Å². The van der Waals surface area contributed by atoms with Crippen molar-refractivity contribution in [3.63, 3.8) is 0 Å². The predicted octanol–water partition coefficient (Wildman–Crippen LogP) is 6.23. The highest BCUT2D eigenvalue weighted by Gasteiger charge is 2.38. The fourth-order valence-electron chi connectivity index (χ4n) is 3.69. The Morgan fingerprint density at radius 1 is 1.06 bits per heavy atom. The molecule has 2 aromatic carbocycles. The van der Waals surface area contributed by atoms with Crippen LogP contribution in [0.3, 0.4) is 0 Å². The number of nitrogens with zero attached hydrogens (tertiary/aromatic N) is 1. The lowest BCUT2D eigenvalue weighted by Crippen LogP contribution is -2.32. The monoisotopic (exact) mass is 498 g/mol. The number of carbonyl (C=O) groups is 1. The maximum atomic E-state index is 13.3. The van der Waals surface area contributed by atoms with Crippen molar-refractivity contribution in [1.29, 1.82) is 0 Å². The highest BCUT2D eigenvalue weighted by atomic mass is 19.4. The number of nitrogens with one attached hydrogen (secondary N) is 1. The van der Waals surface area contributed by atoms with E-state index in [1.165, 1.54) is 13.0 Å². The van der Waals surface area contributed by atoms with E-state index >= 15 is 0 Å². The highest BCUT2D eigenvalue weighted by Crippen LogP contribution is 2.38. The summed E-state index contributed by atoms with van der Waals surface area (Å²) in [5.41, 5.74) is -3.62. The van der Waals surface area contributed by atoms with Gasteiger partial charge in [-0.25, -0.2) is 0 Å². The average molecular weight is 498 g/mol. The van der Waals surface area contributed by atoms with Crippen LogP contribution in [0.4, 0.5) is 26.3 Å². The number of hydrogen-bond donors (Lipinski definition) is 1. The number of benzene rings is 2. The topological polar surface area (TPSA) is 50.7 Å². The molecule has 1 amide bonds. The molecule has 2 aromatic rings. The van der Waals surface area contributed by atoms with Gasteiger partial charge >= 0.3 is 12.4 Å². The first-order valence-electron chi connectivity index (χ1n) is 10.8. The molecule has 4 nitrogen and oxygen atoms in total. The van der Waals surface area contributed by atoms with Gasteiger partial charge in [0.05, 0.1) is 29.9 Å². The summed E-state index contributed by atoms with van der Waals surface area (Å²) < 4.78 is 85.3. The van der Waals surface area contributed by atoms with Crippen LogP contribution < -0.4 is 5.32 Å². The van der Waals surface area contributed by atoms with E-state index in [9.17, 15) is 31.1 Å². The van der Waals surface area contributed by atoms with Crippen LogP contribution in [0.2, 0.25) is 0 Å². The number of carbonyl (C=O) groups excluding carboxylic acids is 1. The minimum Gasteiger partial charge on any atom is -0.371 e. The molecule has 1 aliphatic rings. The normalized spacial score (nSPS) is 19.4. The van der Waals surface area contributed by atoms with Gasteiger partial charge in [0.15, 0.2) is 0 Å². The number of aliphatic imine (C=N–C) groups is 1. The van der Waals surface area contributed by atoms with Crippen molar-refractivity contribution in [2.24, 2.45) is 4.99 Å². The molecule has 188 valence electrons. The summed E-state index contributed by atoms with van der Waals surface area (Å²) in [6.45, 7) is 4.99. The Hall–Kier alpha value is -3.14. The molecule has 0 saturated carbocycles. The van der Waals surface area contributed by atoms with Gasteiger partial charge in [-0.05, 0) is 42.7 Å². The third-order valence-electron chi connectivity index (χ3n) is 5.76. The molecule has 35 heavy (non-hydrogen) atoms. The Morgan fingerprint density at radius 2 is 1.66 bits per heavy atom. The third kappa shape index (κ3) is 6.50.